The van der Waals surface area contributed by atoms with Crippen molar-refractivity contribution in [2.24, 2.45) is 13.0 Å². The third kappa shape index (κ3) is 6.67. The minimum absolute atomic E-state index is 0.0289. The molecule has 0 bridgehead atoms. The zero-order chi connectivity index (χ0) is 31.4. The van der Waals surface area contributed by atoms with Gasteiger partial charge in [0.15, 0.2) is 0 Å². The van der Waals surface area contributed by atoms with E-state index in [0.717, 1.165) is 54.8 Å². The number of imidazole rings is 1. The first-order valence-corrected chi connectivity index (χ1v) is 16.0. The second-order valence-corrected chi connectivity index (χ2v) is 12.4. The Morgan fingerprint density at radius 2 is 1.93 bits per heavy atom. The summed E-state index contributed by atoms with van der Waals surface area (Å²) in [6.45, 7) is 7.11. The monoisotopic (exact) mass is 604 g/mol. The molecule has 2 aliphatic rings. The van der Waals surface area contributed by atoms with E-state index in [1.165, 1.54) is 6.07 Å². The van der Waals surface area contributed by atoms with Gasteiger partial charge in [0.25, 0.3) is 0 Å². The first kappa shape index (κ1) is 31.7. The minimum Gasteiger partial charge on any atom is -0.493 e. The quantitative estimate of drug-likeness (QED) is 0.261. The summed E-state index contributed by atoms with van der Waals surface area (Å²) in [5, 5.41) is 10.6. The maximum absolute atomic E-state index is 14.4. The van der Waals surface area contributed by atoms with Gasteiger partial charge in [0, 0.05) is 62.5 Å². The van der Waals surface area contributed by atoms with Crippen LogP contribution < -0.4 is 9.64 Å². The molecule has 8 nitrogen and oxygen atoms in total. The van der Waals surface area contributed by atoms with Gasteiger partial charge in [-0.25, -0.2) is 9.37 Å². The van der Waals surface area contributed by atoms with Crippen LogP contribution in [-0.4, -0.2) is 63.2 Å². The summed E-state index contributed by atoms with van der Waals surface area (Å²) in [5.41, 5.74) is 3.26. The van der Waals surface area contributed by atoms with E-state index in [-0.39, 0.29) is 36.3 Å². The Kier molecular flexibility index (Phi) is 10.0. The molecule has 3 atom stereocenters. The third-order valence-corrected chi connectivity index (χ3v) is 9.40. The lowest BCUT2D eigenvalue weighted by molar-refractivity contribution is -0.143. The molecule has 0 unspecified atom stereocenters. The zero-order valence-corrected chi connectivity index (χ0v) is 26.3. The summed E-state index contributed by atoms with van der Waals surface area (Å²) in [4.78, 5) is 35.8. The zero-order valence-electron chi connectivity index (χ0n) is 26.3. The fourth-order valence-electron chi connectivity index (χ4n) is 7.20. The molecule has 5 rings (SSSR count). The first-order chi connectivity index (χ1) is 21.2. The summed E-state index contributed by atoms with van der Waals surface area (Å²) in [6, 6.07) is 10.5. The molecule has 2 aromatic carbocycles. The molecule has 2 aliphatic heterocycles. The summed E-state index contributed by atoms with van der Waals surface area (Å²) < 4.78 is 22.0. The SMILES string of the molecule is CCCC(CCC)N(C(=O)CN1C[C@H](c2ccc3c(c2)CCO3)[C@@H](C(=O)O)[C@@H]1CCc1nccn1C)c1ccc(F)c(C)c1. The summed E-state index contributed by atoms with van der Waals surface area (Å²) in [7, 11) is 1.94. The Balaban J connectivity index is 1.49. The van der Waals surface area contributed by atoms with Crippen molar-refractivity contribution >= 4 is 17.6 Å². The molecule has 1 amide bonds. The van der Waals surface area contributed by atoms with Gasteiger partial charge in [-0.05, 0) is 67.1 Å². The normalized spacial score (nSPS) is 19.7. The Labute approximate surface area is 259 Å². The molecule has 0 spiro atoms. The van der Waals surface area contributed by atoms with Gasteiger partial charge < -0.3 is 19.3 Å². The van der Waals surface area contributed by atoms with Crippen molar-refractivity contribution in [3.63, 3.8) is 0 Å². The van der Waals surface area contributed by atoms with Crippen LogP contribution in [0.15, 0.2) is 48.8 Å². The maximum Gasteiger partial charge on any atom is 0.308 e. The van der Waals surface area contributed by atoms with Crippen molar-refractivity contribution in [3.8, 4) is 5.75 Å². The molecule has 3 aromatic rings. The molecular formula is C35H45FN4O4. The van der Waals surface area contributed by atoms with Crippen molar-refractivity contribution in [1.29, 1.82) is 0 Å². The van der Waals surface area contributed by atoms with Gasteiger partial charge >= 0.3 is 5.97 Å². The highest BCUT2D eigenvalue weighted by Crippen LogP contribution is 2.41. The number of fused-ring (bicyclic) bond motifs is 1. The predicted octanol–water partition coefficient (Wildman–Crippen LogP) is 5.91. The molecule has 1 fully saturated rings. The number of halogens is 1. The fourth-order valence-corrected chi connectivity index (χ4v) is 7.20. The molecule has 3 heterocycles. The largest absolute Gasteiger partial charge is 0.493 e. The number of amides is 1. The average molecular weight is 605 g/mol. The number of nitrogens with zero attached hydrogens (tertiary/aromatic N) is 4. The number of rotatable bonds is 13. The van der Waals surface area contributed by atoms with Crippen LogP contribution in [0.1, 0.15) is 74.4 Å². The van der Waals surface area contributed by atoms with Gasteiger partial charge in [-0.1, -0.05) is 38.8 Å². The highest BCUT2D eigenvalue weighted by Gasteiger charge is 2.47. The van der Waals surface area contributed by atoms with Gasteiger partial charge in [-0.2, -0.15) is 0 Å². The Bertz CT molecular complexity index is 1470. The van der Waals surface area contributed by atoms with Crippen LogP contribution >= 0.6 is 0 Å². The predicted molar refractivity (Wildman–Crippen MR) is 169 cm³/mol. The van der Waals surface area contributed by atoms with Crippen LogP contribution in [0, 0.1) is 18.7 Å². The Morgan fingerprint density at radius 1 is 1.16 bits per heavy atom. The van der Waals surface area contributed by atoms with Gasteiger partial charge in [0.2, 0.25) is 5.91 Å². The smallest absolute Gasteiger partial charge is 0.308 e. The van der Waals surface area contributed by atoms with Crippen LogP contribution in [-0.2, 0) is 29.5 Å². The standard InChI is InChI=1S/C35H45FN4O4/c1-5-7-26(8-6-2)40(27-10-11-29(36)23(3)19-27)33(41)22-39-21-28(24-9-13-31-25(20-24)15-18-44-31)34(35(42)43)30(39)12-14-32-37-16-17-38(32)4/h9-11,13,16-17,19-20,26,28,30,34H,5-8,12,14-15,18,21-22H2,1-4H3,(H,42,43)/t28-,30+,34-/m1/s1. The topological polar surface area (TPSA) is 87.9 Å². The van der Waals surface area contributed by atoms with Crippen molar-refractivity contribution < 1.29 is 23.8 Å². The van der Waals surface area contributed by atoms with Crippen LogP contribution in [0.4, 0.5) is 10.1 Å². The number of carbonyl (C=O) groups excluding carboxylic acids is 1. The summed E-state index contributed by atoms with van der Waals surface area (Å²) in [6.07, 6.45) is 9.09. The van der Waals surface area contributed by atoms with Gasteiger partial charge in [0.1, 0.15) is 17.4 Å². The number of ether oxygens (including phenoxy) is 1. The number of aliphatic carboxylic acids is 1. The maximum atomic E-state index is 14.4. The van der Waals surface area contributed by atoms with Crippen molar-refractivity contribution in [2.45, 2.75) is 83.7 Å². The number of anilines is 1. The van der Waals surface area contributed by atoms with Gasteiger partial charge in [-0.15, -0.1) is 0 Å². The summed E-state index contributed by atoms with van der Waals surface area (Å²) in [5.74, 6) is -0.463. The van der Waals surface area contributed by atoms with Crippen molar-refractivity contribution in [2.75, 3.05) is 24.6 Å². The van der Waals surface area contributed by atoms with E-state index in [4.69, 9.17) is 4.74 Å². The van der Waals surface area contributed by atoms with E-state index < -0.39 is 11.9 Å². The lowest BCUT2D eigenvalue weighted by Crippen LogP contribution is -2.48. The van der Waals surface area contributed by atoms with E-state index in [2.05, 4.69) is 29.8 Å². The minimum atomic E-state index is -0.854. The number of hydrogen-bond donors (Lipinski definition) is 1. The molecule has 44 heavy (non-hydrogen) atoms. The number of carboxylic acid groups (broad SMARTS) is 1. The van der Waals surface area contributed by atoms with Gasteiger partial charge in [0.05, 0.1) is 19.1 Å². The summed E-state index contributed by atoms with van der Waals surface area (Å²) >= 11 is 0. The highest BCUT2D eigenvalue weighted by atomic mass is 19.1. The number of hydrogen-bond acceptors (Lipinski definition) is 5. The second-order valence-electron chi connectivity index (χ2n) is 12.4. The number of benzene rings is 2. The molecular weight excluding hydrogens is 559 g/mol. The molecule has 1 N–H and O–H groups in total. The molecule has 0 aliphatic carbocycles. The third-order valence-electron chi connectivity index (χ3n) is 9.40. The van der Waals surface area contributed by atoms with E-state index in [1.807, 2.05) is 34.8 Å². The van der Waals surface area contributed by atoms with E-state index in [1.54, 1.807) is 25.3 Å². The second kappa shape index (κ2) is 13.9. The molecule has 236 valence electrons. The highest BCUT2D eigenvalue weighted by molar-refractivity contribution is 5.95. The molecule has 9 heteroatoms. The number of carbonyl (C=O) groups is 2. The lowest BCUT2D eigenvalue weighted by atomic mass is 9.83. The van der Waals surface area contributed by atoms with Crippen LogP contribution in [0.5, 0.6) is 5.75 Å². The molecule has 0 saturated carbocycles. The number of carboxylic acids is 1. The van der Waals surface area contributed by atoms with Crippen LogP contribution in [0.3, 0.4) is 0 Å². The van der Waals surface area contributed by atoms with E-state index in [0.29, 0.717) is 37.2 Å². The number of likely N-dealkylation sites (tertiary alicyclic amines) is 1. The van der Waals surface area contributed by atoms with Crippen molar-refractivity contribution in [1.82, 2.24) is 14.5 Å². The van der Waals surface area contributed by atoms with Crippen molar-refractivity contribution in [3.05, 3.63) is 77.1 Å². The molecule has 0 radical (unpaired) electrons. The Hall–Kier alpha value is -3.72. The van der Waals surface area contributed by atoms with E-state index >= 15 is 0 Å². The van der Waals surface area contributed by atoms with Crippen LogP contribution in [0.2, 0.25) is 0 Å². The molecule has 1 saturated heterocycles. The number of aromatic nitrogens is 2. The lowest BCUT2D eigenvalue weighted by Gasteiger charge is -2.35. The van der Waals surface area contributed by atoms with Crippen LogP contribution in [0.25, 0.3) is 0 Å². The van der Waals surface area contributed by atoms with E-state index in [9.17, 15) is 19.1 Å². The fraction of sp³-hybridized carbons (Fsp3) is 0.514. The first-order valence-electron chi connectivity index (χ1n) is 16.0. The average Bonchev–Trinajstić information content (AvgIpc) is 3.72. The molecule has 1 aromatic heterocycles. The van der Waals surface area contributed by atoms with Gasteiger partial charge in [-0.3, -0.25) is 14.5 Å². The number of aryl methyl sites for hydroxylation is 3. The Morgan fingerprint density at radius 3 is 2.59 bits per heavy atom.